The number of halogens is 1. The molecule has 0 radical (unpaired) electrons. The average molecular weight is 287 g/mol. The summed E-state index contributed by atoms with van der Waals surface area (Å²) in [7, 11) is 3.67. The summed E-state index contributed by atoms with van der Waals surface area (Å²) >= 11 is 3.47. The molecular weight excluding hydrogens is 268 g/mol. The van der Waals surface area contributed by atoms with Crippen LogP contribution in [-0.2, 0) is 6.54 Å². The molecule has 0 spiro atoms. The van der Waals surface area contributed by atoms with E-state index in [1.54, 1.807) is 7.11 Å². The van der Waals surface area contributed by atoms with Gasteiger partial charge in [0.25, 0.3) is 0 Å². The van der Waals surface area contributed by atoms with E-state index in [9.17, 15) is 0 Å². The fourth-order valence-electron chi connectivity index (χ4n) is 1.50. The molecule has 0 aliphatic carbocycles. The molecule has 0 saturated carbocycles. The monoisotopic (exact) mass is 286 g/mol. The summed E-state index contributed by atoms with van der Waals surface area (Å²) in [5.41, 5.74) is 1.18. The van der Waals surface area contributed by atoms with Gasteiger partial charge in [0, 0.05) is 16.6 Å². The molecule has 1 aromatic carbocycles. The Morgan fingerprint density at radius 1 is 1.31 bits per heavy atom. The van der Waals surface area contributed by atoms with E-state index in [1.807, 2.05) is 19.2 Å². The Labute approximate surface area is 106 Å². The minimum absolute atomic E-state index is 0.840. The number of rotatable bonds is 7. The van der Waals surface area contributed by atoms with Gasteiger partial charge < -0.3 is 15.4 Å². The van der Waals surface area contributed by atoms with E-state index in [-0.39, 0.29) is 0 Å². The highest BCUT2D eigenvalue weighted by atomic mass is 79.9. The van der Waals surface area contributed by atoms with E-state index in [0.717, 1.165) is 36.3 Å². The van der Waals surface area contributed by atoms with Crippen molar-refractivity contribution < 1.29 is 4.74 Å². The number of hydrogen-bond donors (Lipinski definition) is 2. The van der Waals surface area contributed by atoms with E-state index < -0.39 is 0 Å². The lowest BCUT2D eigenvalue weighted by Crippen LogP contribution is -2.19. The second-order valence-electron chi connectivity index (χ2n) is 3.59. The van der Waals surface area contributed by atoms with Crippen molar-refractivity contribution in [1.29, 1.82) is 0 Å². The first-order chi connectivity index (χ1) is 7.77. The van der Waals surface area contributed by atoms with E-state index in [4.69, 9.17) is 4.74 Å². The van der Waals surface area contributed by atoms with Crippen LogP contribution in [0.3, 0.4) is 0 Å². The van der Waals surface area contributed by atoms with Gasteiger partial charge >= 0.3 is 0 Å². The van der Waals surface area contributed by atoms with Gasteiger partial charge in [-0.3, -0.25) is 0 Å². The fourth-order valence-corrected chi connectivity index (χ4v) is 1.91. The van der Waals surface area contributed by atoms with Gasteiger partial charge in [0.05, 0.1) is 7.11 Å². The van der Waals surface area contributed by atoms with E-state index in [0.29, 0.717) is 0 Å². The Morgan fingerprint density at radius 3 is 2.81 bits per heavy atom. The normalized spacial score (nSPS) is 10.4. The molecule has 0 aliphatic heterocycles. The van der Waals surface area contributed by atoms with E-state index in [2.05, 4.69) is 32.6 Å². The molecule has 90 valence electrons. The van der Waals surface area contributed by atoms with Gasteiger partial charge in [0.15, 0.2) is 0 Å². The van der Waals surface area contributed by atoms with Crippen LogP contribution in [0, 0.1) is 0 Å². The highest BCUT2D eigenvalue weighted by Gasteiger charge is 2.02. The van der Waals surface area contributed by atoms with Crippen LogP contribution in [0.1, 0.15) is 12.0 Å². The maximum atomic E-state index is 5.31. The maximum Gasteiger partial charge on any atom is 0.123 e. The van der Waals surface area contributed by atoms with E-state index in [1.165, 1.54) is 5.56 Å². The van der Waals surface area contributed by atoms with Gasteiger partial charge in [0.1, 0.15) is 5.75 Å². The summed E-state index contributed by atoms with van der Waals surface area (Å²) in [5.74, 6) is 0.935. The van der Waals surface area contributed by atoms with Crippen molar-refractivity contribution >= 4 is 15.9 Å². The summed E-state index contributed by atoms with van der Waals surface area (Å²) in [6.45, 7) is 2.89. The molecular formula is C12H19BrN2O. The highest BCUT2D eigenvalue weighted by molar-refractivity contribution is 9.10. The molecule has 0 amide bonds. The number of benzene rings is 1. The van der Waals surface area contributed by atoms with Crippen molar-refractivity contribution in [2.24, 2.45) is 0 Å². The molecule has 2 N–H and O–H groups in total. The summed E-state index contributed by atoms with van der Waals surface area (Å²) in [6.07, 6.45) is 1.13. The zero-order valence-corrected chi connectivity index (χ0v) is 11.4. The first kappa shape index (κ1) is 13.5. The van der Waals surface area contributed by atoms with Gasteiger partial charge in [-0.2, -0.15) is 0 Å². The van der Waals surface area contributed by atoms with Crippen LogP contribution in [0.15, 0.2) is 22.7 Å². The zero-order chi connectivity index (χ0) is 11.8. The Balaban J connectivity index is 2.42. The molecule has 0 fully saturated rings. The molecule has 0 heterocycles. The molecule has 0 aliphatic rings. The topological polar surface area (TPSA) is 33.3 Å². The molecule has 0 atom stereocenters. The van der Waals surface area contributed by atoms with Gasteiger partial charge in [-0.1, -0.05) is 15.9 Å². The molecule has 0 aromatic heterocycles. The number of nitrogens with one attached hydrogen (secondary N) is 2. The summed E-state index contributed by atoms with van der Waals surface area (Å²) < 4.78 is 6.39. The quantitative estimate of drug-likeness (QED) is 0.754. The minimum atomic E-state index is 0.840. The van der Waals surface area contributed by atoms with Gasteiger partial charge in [-0.15, -0.1) is 0 Å². The summed E-state index contributed by atoms with van der Waals surface area (Å²) in [4.78, 5) is 0. The molecule has 1 rings (SSSR count). The fraction of sp³-hybridized carbons (Fsp3) is 0.500. The Bertz CT molecular complexity index is 318. The Hall–Kier alpha value is -0.580. The lowest BCUT2D eigenvalue weighted by atomic mass is 10.2. The molecule has 0 saturated heterocycles. The molecule has 3 nitrogen and oxygen atoms in total. The maximum absolute atomic E-state index is 5.31. The van der Waals surface area contributed by atoms with Gasteiger partial charge in [-0.25, -0.2) is 0 Å². The second kappa shape index (κ2) is 7.65. The molecule has 0 unspecified atom stereocenters. The molecule has 1 aromatic rings. The molecule has 4 heteroatoms. The number of methoxy groups -OCH3 is 1. The third-order valence-electron chi connectivity index (χ3n) is 2.34. The van der Waals surface area contributed by atoms with Crippen LogP contribution in [0.2, 0.25) is 0 Å². The van der Waals surface area contributed by atoms with Crippen LogP contribution < -0.4 is 15.4 Å². The largest absolute Gasteiger partial charge is 0.496 e. The van der Waals surface area contributed by atoms with Gasteiger partial charge in [0.2, 0.25) is 0 Å². The van der Waals surface area contributed by atoms with Crippen molar-refractivity contribution in [2.75, 3.05) is 27.2 Å². The first-order valence-corrected chi connectivity index (χ1v) is 6.25. The predicted molar refractivity (Wildman–Crippen MR) is 70.9 cm³/mol. The minimum Gasteiger partial charge on any atom is -0.496 e. The van der Waals surface area contributed by atoms with Gasteiger partial charge in [-0.05, 0) is 44.8 Å². The van der Waals surface area contributed by atoms with Crippen LogP contribution in [0.25, 0.3) is 0 Å². The van der Waals surface area contributed by atoms with Crippen LogP contribution in [0.4, 0.5) is 0 Å². The zero-order valence-electron chi connectivity index (χ0n) is 9.85. The number of hydrogen-bond acceptors (Lipinski definition) is 3. The Morgan fingerprint density at radius 2 is 2.12 bits per heavy atom. The summed E-state index contributed by atoms with van der Waals surface area (Å²) in [6, 6.07) is 6.06. The first-order valence-electron chi connectivity index (χ1n) is 5.45. The third-order valence-corrected chi connectivity index (χ3v) is 2.83. The molecule has 0 bridgehead atoms. The van der Waals surface area contributed by atoms with Crippen LogP contribution in [-0.4, -0.2) is 27.2 Å². The van der Waals surface area contributed by atoms with Crippen molar-refractivity contribution in [3.63, 3.8) is 0 Å². The smallest absolute Gasteiger partial charge is 0.123 e. The van der Waals surface area contributed by atoms with Crippen LogP contribution in [0.5, 0.6) is 5.75 Å². The predicted octanol–water partition coefficient (Wildman–Crippen LogP) is 2.16. The highest BCUT2D eigenvalue weighted by Crippen LogP contribution is 2.22. The Kier molecular flexibility index (Phi) is 6.45. The van der Waals surface area contributed by atoms with Crippen molar-refractivity contribution in [3.05, 3.63) is 28.2 Å². The lowest BCUT2D eigenvalue weighted by molar-refractivity contribution is 0.407. The van der Waals surface area contributed by atoms with E-state index >= 15 is 0 Å². The van der Waals surface area contributed by atoms with Crippen molar-refractivity contribution in [3.8, 4) is 5.75 Å². The second-order valence-corrected chi connectivity index (χ2v) is 4.51. The summed E-state index contributed by atoms with van der Waals surface area (Å²) in [5, 5.41) is 6.52. The SMILES string of the molecule is CNCCCNCc1cc(Br)ccc1OC. The average Bonchev–Trinajstić information content (AvgIpc) is 2.29. The molecule has 16 heavy (non-hydrogen) atoms. The lowest BCUT2D eigenvalue weighted by Gasteiger charge is -2.10. The van der Waals surface area contributed by atoms with Crippen LogP contribution >= 0.6 is 15.9 Å². The van der Waals surface area contributed by atoms with Crippen molar-refractivity contribution in [2.45, 2.75) is 13.0 Å². The van der Waals surface area contributed by atoms with Crippen molar-refractivity contribution in [1.82, 2.24) is 10.6 Å². The standard InChI is InChI=1S/C12H19BrN2O/c1-14-6-3-7-15-9-10-8-11(13)4-5-12(10)16-2/h4-5,8,14-15H,3,6-7,9H2,1-2H3. The number of ether oxygens (including phenoxy) is 1. The third kappa shape index (κ3) is 4.51.